The summed E-state index contributed by atoms with van der Waals surface area (Å²) in [6.45, 7) is 0. The molecule has 4 heterocycles. The highest BCUT2D eigenvalue weighted by Crippen LogP contribution is 2.63. The minimum Gasteiger partial charge on any atom is -0.456 e. The second-order valence-electron chi connectivity index (χ2n) is 16.9. The number of hydrogen-bond acceptors (Lipinski definition) is 2. The first-order valence-electron chi connectivity index (χ1n) is 21.7. The number of furan rings is 1. The van der Waals surface area contributed by atoms with Gasteiger partial charge in [-0.05, 0) is 98.1 Å². The number of benzene rings is 9. The fraction of sp³-hybridized carbons (Fsp3) is 0.0167. The van der Waals surface area contributed by atoms with E-state index in [2.05, 4.69) is 217 Å². The van der Waals surface area contributed by atoms with Gasteiger partial charge in [-0.1, -0.05) is 176 Å². The van der Waals surface area contributed by atoms with Crippen molar-refractivity contribution in [2.45, 2.75) is 5.41 Å². The first-order valence-corrected chi connectivity index (χ1v) is 21.7. The molecule has 0 bridgehead atoms. The van der Waals surface area contributed by atoms with E-state index in [9.17, 15) is 0 Å². The highest BCUT2D eigenvalue weighted by molar-refractivity contribution is 6.15. The Labute approximate surface area is 363 Å². The van der Waals surface area contributed by atoms with Crippen LogP contribution in [0.2, 0.25) is 0 Å². The molecule has 0 radical (unpaired) electrons. The summed E-state index contributed by atoms with van der Waals surface area (Å²) in [6, 6.07) is 79.7. The highest BCUT2D eigenvalue weighted by atomic mass is 16.3. The number of para-hydroxylation sites is 4. The Morgan fingerprint density at radius 3 is 1.92 bits per heavy atom. The highest BCUT2D eigenvalue weighted by Gasteiger charge is 2.51. The predicted octanol–water partition coefficient (Wildman–Crippen LogP) is 15.4. The van der Waals surface area contributed by atoms with E-state index >= 15 is 0 Å². The average molecular weight is 801 g/mol. The molecule has 0 saturated heterocycles. The molecule has 1 aliphatic heterocycles. The van der Waals surface area contributed by atoms with Crippen molar-refractivity contribution in [3.63, 3.8) is 0 Å². The lowest BCUT2D eigenvalue weighted by Gasteiger charge is -2.39. The van der Waals surface area contributed by atoms with Crippen molar-refractivity contribution in [2.24, 2.45) is 0 Å². The summed E-state index contributed by atoms with van der Waals surface area (Å²) >= 11 is 0. The maximum Gasteiger partial charge on any atom is 0.136 e. The zero-order valence-corrected chi connectivity index (χ0v) is 34.1. The van der Waals surface area contributed by atoms with E-state index in [0.717, 1.165) is 66.7 Å². The molecule has 14 rings (SSSR count). The fourth-order valence-electron chi connectivity index (χ4n) is 11.3. The van der Waals surface area contributed by atoms with Crippen LogP contribution in [-0.2, 0) is 5.41 Å². The van der Waals surface area contributed by atoms with Crippen molar-refractivity contribution in [3.8, 4) is 61.6 Å². The van der Waals surface area contributed by atoms with E-state index in [4.69, 9.17) is 9.40 Å². The van der Waals surface area contributed by atoms with Crippen LogP contribution in [0.3, 0.4) is 0 Å². The lowest BCUT2D eigenvalue weighted by Crippen LogP contribution is -2.33. The molecule has 63 heavy (non-hydrogen) atoms. The Balaban J connectivity index is 1.12. The molecule has 0 amide bonds. The summed E-state index contributed by atoms with van der Waals surface area (Å²) < 4.78 is 8.96. The van der Waals surface area contributed by atoms with Gasteiger partial charge in [-0.15, -0.1) is 0 Å². The van der Waals surface area contributed by atoms with E-state index in [1.807, 2.05) is 6.07 Å². The largest absolute Gasteiger partial charge is 0.456 e. The summed E-state index contributed by atoms with van der Waals surface area (Å²) in [5.74, 6) is 0. The molecule has 1 spiro atoms. The van der Waals surface area contributed by atoms with Gasteiger partial charge in [-0.25, -0.2) is 4.98 Å². The standard InChI is InChI=1S/C60H36N2O/c1-3-16-37(17-4-1)40-35-51(38-18-5-2-6-19-38)61-52(36-40)44-24-14-26-49-57(44)46-34-39(41-22-15-31-56-58(41)45-21-8-12-30-55(45)63-56)32-33-47(46)60(49)48-25-9-11-29-54(48)62-53-28-10-7-20-42(53)43-23-13-27-50(60)59(43)62/h1-36H. The van der Waals surface area contributed by atoms with E-state index in [1.54, 1.807) is 0 Å². The van der Waals surface area contributed by atoms with Gasteiger partial charge >= 0.3 is 0 Å². The predicted molar refractivity (Wildman–Crippen MR) is 258 cm³/mol. The number of aromatic nitrogens is 2. The zero-order chi connectivity index (χ0) is 41.2. The van der Waals surface area contributed by atoms with Gasteiger partial charge < -0.3 is 8.98 Å². The van der Waals surface area contributed by atoms with Gasteiger partial charge in [0.15, 0.2) is 0 Å². The van der Waals surface area contributed by atoms with Crippen molar-refractivity contribution >= 4 is 43.7 Å². The monoisotopic (exact) mass is 800 g/mol. The fourth-order valence-corrected chi connectivity index (χ4v) is 11.3. The maximum atomic E-state index is 6.44. The molecule has 1 atom stereocenters. The summed E-state index contributed by atoms with van der Waals surface area (Å²) in [6.07, 6.45) is 0. The van der Waals surface area contributed by atoms with Gasteiger partial charge in [0.1, 0.15) is 11.2 Å². The minimum atomic E-state index is -0.618. The minimum absolute atomic E-state index is 0.618. The quantitative estimate of drug-likeness (QED) is 0.177. The third-order valence-electron chi connectivity index (χ3n) is 13.8. The van der Waals surface area contributed by atoms with Crippen molar-refractivity contribution in [1.29, 1.82) is 0 Å². The summed E-state index contributed by atoms with van der Waals surface area (Å²) in [5.41, 5.74) is 21.1. The second kappa shape index (κ2) is 12.9. The Morgan fingerprint density at radius 1 is 0.381 bits per heavy atom. The number of rotatable bonds is 4. The van der Waals surface area contributed by atoms with E-state index in [0.29, 0.717) is 0 Å². The Kier molecular flexibility index (Phi) is 7.04. The molecule has 12 aromatic rings. The first kappa shape index (κ1) is 34.4. The second-order valence-corrected chi connectivity index (χ2v) is 16.9. The van der Waals surface area contributed by atoms with Gasteiger partial charge in [0, 0.05) is 32.7 Å². The molecule has 3 aromatic heterocycles. The van der Waals surface area contributed by atoms with E-state index < -0.39 is 5.41 Å². The van der Waals surface area contributed by atoms with Gasteiger partial charge in [0.05, 0.1) is 33.5 Å². The van der Waals surface area contributed by atoms with Crippen LogP contribution in [0.1, 0.15) is 22.3 Å². The van der Waals surface area contributed by atoms with Crippen molar-refractivity contribution in [2.75, 3.05) is 0 Å². The van der Waals surface area contributed by atoms with Crippen molar-refractivity contribution in [3.05, 3.63) is 241 Å². The topological polar surface area (TPSA) is 31.0 Å². The van der Waals surface area contributed by atoms with E-state index in [-0.39, 0.29) is 0 Å². The molecule has 1 unspecified atom stereocenters. The van der Waals surface area contributed by atoms with Crippen LogP contribution in [0.4, 0.5) is 0 Å². The summed E-state index contributed by atoms with van der Waals surface area (Å²) in [5, 5.41) is 4.79. The van der Waals surface area contributed by atoms with Crippen molar-refractivity contribution < 1.29 is 4.42 Å². The number of fused-ring (bicyclic) bond motifs is 15. The molecule has 9 aromatic carbocycles. The number of pyridine rings is 1. The maximum absolute atomic E-state index is 6.44. The van der Waals surface area contributed by atoms with Crippen LogP contribution < -0.4 is 0 Å². The molecule has 2 aliphatic rings. The molecular weight excluding hydrogens is 765 g/mol. The first-order chi connectivity index (χ1) is 31.3. The third kappa shape index (κ3) is 4.66. The van der Waals surface area contributed by atoms with Crippen LogP contribution in [0.25, 0.3) is 105 Å². The molecule has 0 N–H and O–H groups in total. The van der Waals surface area contributed by atoms with E-state index in [1.165, 1.54) is 60.9 Å². The Morgan fingerprint density at radius 2 is 1.03 bits per heavy atom. The Hall–Kier alpha value is -8.27. The Bertz CT molecular complexity index is 3800. The van der Waals surface area contributed by atoms with Crippen LogP contribution in [0.15, 0.2) is 223 Å². The molecule has 3 heteroatoms. The summed E-state index contributed by atoms with van der Waals surface area (Å²) in [7, 11) is 0. The zero-order valence-electron chi connectivity index (χ0n) is 34.1. The molecular formula is C60H36N2O. The van der Waals surface area contributed by atoms with Crippen LogP contribution in [0.5, 0.6) is 0 Å². The summed E-state index contributed by atoms with van der Waals surface area (Å²) in [4.78, 5) is 5.56. The van der Waals surface area contributed by atoms with Crippen LogP contribution >= 0.6 is 0 Å². The van der Waals surface area contributed by atoms with Crippen LogP contribution in [0, 0.1) is 0 Å². The SMILES string of the molecule is c1ccc(-c2cc(-c3ccccc3)nc(-c3cccc4c3-c3cc(-c5cccc6oc7ccccc7c56)ccc3C43c4ccccc4-n4c5ccccc5c5cccc3c54)c2)cc1. The molecule has 1 aliphatic carbocycles. The average Bonchev–Trinajstić information content (AvgIpc) is 4.01. The number of nitrogens with zero attached hydrogens (tertiary/aromatic N) is 2. The lowest BCUT2D eigenvalue weighted by atomic mass is 9.65. The van der Waals surface area contributed by atoms with Gasteiger partial charge in [-0.3, -0.25) is 0 Å². The van der Waals surface area contributed by atoms with Crippen LogP contribution in [-0.4, -0.2) is 9.55 Å². The third-order valence-corrected chi connectivity index (χ3v) is 13.8. The molecule has 0 fully saturated rings. The van der Waals surface area contributed by atoms with Crippen molar-refractivity contribution in [1.82, 2.24) is 9.55 Å². The molecule has 3 nitrogen and oxygen atoms in total. The normalized spacial score (nSPS) is 14.7. The molecule has 292 valence electrons. The van der Waals surface area contributed by atoms with Gasteiger partial charge in [-0.2, -0.15) is 0 Å². The van der Waals surface area contributed by atoms with Gasteiger partial charge in [0.2, 0.25) is 0 Å². The molecule has 0 saturated carbocycles. The smallest absolute Gasteiger partial charge is 0.136 e. The lowest BCUT2D eigenvalue weighted by molar-refractivity contribution is 0.669. The number of hydrogen-bond donors (Lipinski definition) is 0. The van der Waals surface area contributed by atoms with Gasteiger partial charge in [0.25, 0.3) is 0 Å².